The van der Waals surface area contributed by atoms with Gasteiger partial charge in [-0.25, -0.2) is 4.39 Å². The van der Waals surface area contributed by atoms with Crippen molar-refractivity contribution in [3.63, 3.8) is 0 Å². The molecular weight excluding hydrogens is 237 g/mol. The van der Waals surface area contributed by atoms with E-state index in [1.807, 2.05) is 13.0 Å². The summed E-state index contributed by atoms with van der Waals surface area (Å²) in [5, 5.41) is 1.09. The number of fused-ring (bicyclic) bond motifs is 1. The fraction of sp³-hybridized carbons (Fsp3) is 0.412. The zero-order valence-corrected chi connectivity index (χ0v) is 12.5. The molecule has 1 aromatic carbocycles. The number of hydrogen-bond acceptors (Lipinski definition) is 0. The van der Waals surface area contributed by atoms with E-state index in [1.54, 1.807) is 13.0 Å². The molecule has 19 heavy (non-hydrogen) atoms. The third kappa shape index (κ3) is 2.73. The minimum Gasteiger partial charge on any atom is -0.346 e. The van der Waals surface area contributed by atoms with Gasteiger partial charge < -0.3 is 4.57 Å². The summed E-state index contributed by atoms with van der Waals surface area (Å²) in [7, 11) is 0. The molecule has 0 amide bonds. The van der Waals surface area contributed by atoms with Gasteiger partial charge in [0.2, 0.25) is 0 Å². The maximum atomic E-state index is 13.8. The van der Waals surface area contributed by atoms with Crippen LogP contribution in [-0.2, 0) is 6.54 Å². The highest BCUT2D eigenvalue weighted by molar-refractivity contribution is 5.92. The largest absolute Gasteiger partial charge is 0.346 e. The van der Waals surface area contributed by atoms with Crippen molar-refractivity contribution in [1.82, 2.24) is 4.57 Å². The Morgan fingerprint density at radius 2 is 1.95 bits per heavy atom. The van der Waals surface area contributed by atoms with Crippen molar-refractivity contribution in [3.8, 4) is 0 Å². The molecule has 2 aromatic rings. The van der Waals surface area contributed by atoms with E-state index in [2.05, 4.69) is 38.1 Å². The van der Waals surface area contributed by atoms with Crippen LogP contribution < -0.4 is 0 Å². The minimum absolute atomic E-state index is 0.144. The van der Waals surface area contributed by atoms with E-state index < -0.39 is 0 Å². The summed E-state index contributed by atoms with van der Waals surface area (Å²) < 4.78 is 16.0. The van der Waals surface area contributed by atoms with Gasteiger partial charge in [-0.15, -0.1) is 0 Å². The van der Waals surface area contributed by atoms with Gasteiger partial charge in [-0.1, -0.05) is 27.4 Å². The second kappa shape index (κ2) is 4.52. The Labute approximate surface area is 114 Å². The molecule has 102 valence electrons. The molecule has 0 spiro atoms. The van der Waals surface area contributed by atoms with E-state index in [1.165, 1.54) is 0 Å². The van der Waals surface area contributed by atoms with Gasteiger partial charge in [0.05, 0.1) is 5.52 Å². The quantitative estimate of drug-likeness (QED) is 0.701. The minimum atomic E-state index is -0.144. The topological polar surface area (TPSA) is 4.93 Å². The Hall–Kier alpha value is -1.57. The molecule has 2 rings (SSSR count). The molecule has 0 aliphatic carbocycles. The first-order valence-electron chi connectivity index (χ1n) is 6.64. The number of benzene rings is 1. The fourth-order valence-electron chi connectivity index (χ4n) is 2.40. The van der Waals surface area contributed by atoms with Gasteiger partial charge in [0.25, 0.3) is 0 Å². The Balaban J connectivity index is 2.71. The van der Waals surface area contributed by atoms with Crippen LogP contribution in [0.1, 0.15) is 38.8 Å². The van der Waals surface area contributed by atoms with Crippen molar-refractivity contribution in [1.29, 1.82) is 0 Å². The molecule has 0 N–H and O–H groups in total. The summed E-state index contributed by atoms with van der Waals surface area (Å²) in [6.07, 6.45) is 2.09. The van der Waals surface area contributed by atoms with E-state index >= 15 is 0 Å². The van der Waals surface area contributed by atoms with E-state index in [-0.39, 0.29) is 11.2 Å². The molecule has 0 fully saturated rings. The van der Waals surface area contributed by atoms with Crippen molar-refractivity contribution in [2.75, 3.05) is 0 Å². The average Bonchev–Trinajstić information content (AvgIpc) is 2.56. The van der Waals surface area contributed by atoms with Gasteiger partial charge in [-0.2, -0.15) is 0 Å². The van der Waals surface area contributed by atoms with Crippen molar-refractivity contribution >= 4 is 16.5 Å². The normalized spacial score (nSPS) is 12.1. The predicted molar refractivity (Wildman–Crippen MR) is 80.8 cm³/mol. The third-order valence-electron chi connectivity index (χ3n) is 3.27. The lowest BCUT2D eigenvalue weighted by molar-refractivity contribution is 0.349. The molecule has 2 heteroatoms. The van der Waals surface area contributed by atoms with Crippen molar-refractivity contribution < 1.29 is 4.39 Å². The number of aryl methyl sites for hydroxylation is 1. The van der Waals surface area contributed by atoms with Crippen LogP contribution in [0.3, 0.4) is 0 Å². The van der Waals surface area contributed by atoms with E-state index in [0.29, 0.717) is 5.56 Å². The molecule has 1 nitrogen and oxygen atoms in total. The number of rotatable bonds is 2. The standard InChI is InChI=1S/C17H22FN/c1-11(2)14-9-19(10-17(4,5)6)16-8-15(18)12(3)7-13(14)16/h7-9H,1,10H2,2-6H3. The molecule has 0 bridgehead atoms. The fourth-order valence-corrected chi connectivity index (χ4v) is 2.40. The number of nitrogens with zero attached hydrogens (tertiary/aromatic N) is 1. The molecule has 0 saturated heterocycles. The second-order valence-electron chi connectivity index (χ2n) is 6.63. The van der Waals surface area contributed by atoms with Gasteiger partial charge in [0, 0.05) is 23.7 Å². The van der Waals surface area contributed by atoms with Gasteiger partial charge >= 0.3 is 0 Å². The molecule has 1 heterocycles. The zero-order valence-electron chi connectivity index (χ0n) is 12.5. The third-order valence-corrected chi connectivity index (χ3v) is 3.27. The summed E-state index contributed by atoms with van der Waals surface area (Å²) in [5.74, 6) is -0.144. The SMILES string of the molecule is C=C(C)c1cn(CC(C)(C)C)c2cc(F)c(C)cc12. The van der Waals surface area contributed by atoms with Crippen LogP contribution in [0.15, 0.2) is 24.9 Å². The molecule has 0 unspecified atom stereocenters. The molecular formula is C17H22FN. The first kappa shape index (κ1) is 13.9. The summed E-state index contributed by atoms with van der Waals surface area (Å²) in [6, 6.07) is 3.57. The lowest BCUT2D eigenvalue weighted by Gasteiger charge is -2.19. The number of allylic oxidation sites excluding steroid dienone is 1. The van der Waals surface area contributed by atoms with Crippen LogP contribution in [-0.4, -0.2) is 4.57 Å². The first-order chi connectivity index (χ1) is 8.69. The van der Waals surface area contributed by atoms with Gasteiger partial charge in [-0.05, 0) is 42.5 Å². The molecule has 0 saturated carbocycles. The van der Waals surface area contributed by atoms with E-state index in [0.717, 1.165) is 28.6 Å². The Morgan fingerprint density at radius 1 is 1.32 bits per heavy atom. The van der Waals surface area contributed by atoms with Crippen molar-refractivity contribution in [2.24, 2.45) is 5.41 Å². The van der Waals surface area contributed by atoms with Gasteiger partial charge in [0.15, 0.2) is 0 Å². The Kier molecular flexibility index (Phi) is 3.29. The average molecular weight is 259 g/mol. The second-order valence-corrected chi connectivity index (χ2v) is 6.63. The lowest BCUT2D eigenvalue weighted by atomic mass is 9.97. The summed E-state index contributed by atoms with van der Waals surface area (Å²) in [4.78, 5) is 0. The first-order valence-corrected chi connectivity index (χ1v) is 6.64. The molecule has 0 aliphatic heterocycles. The van der Waals surface area contributed by atoms with Crippen molar-refractivity contribution in [2.45, 2.75) is 41.2 Å². The van der Waals surface area contributed by atoms with Gasteiger partial charge in [-0.3, -0.25) is 0 Å². The van der Waals surface area contributed by atoms with E-state index in [9.17, 15) is 4.39 Å². The Morgan fingerprint density at radius 3 is 2.47 bits per heavy atom. The zero-order chi connectivity index (χ0) is 14.4. The summed E-state index contributed by atoms with van der Waals surface area (Å²) in [6.45, 7) is 15.2. The predicted octanol–water partition coefficient (Wildman–Crippen LogP) is 5.17. The molecule has 0 atom stereocenters. The smallest absolute Gasteiger partial charge is 0.128 e. The highest BCUT2D eigenvalue weighted by atomic mass is 19.1. The van der Waals surface area contributed by atoms with Crippen molar-refractivity contribution in [3.05, 3.63) is 41.9 Å². The monoisotopic (exact) mass is 259 g/mol. The van der Waals surface area contributed by atoms with Crippen LogP contribution in [0, 0.1) is 18.2 Å². The summed E-state index contributed by atoms with van der Waals surface area (Å²) in [5.41, 5.74) is 3.92. The summed E-state index contributed by atoms with van der Waals surface area (Å²) >= 11 is 0. The van der Waals surface area contributed by atoms with Crippen LogP contribution in [0.5, 0.6) is 0 Å². The highest BCUT2D eigenvalue weighted by Gasteiger charge is 2.16. The van der Waals surface area contributed by atoms with Crippen LogP contribution in [0.2, 0.25) is 0 Å². The molecule has 0 aliphatic rings. The Bertz CT molecular complexity index is 641. The highest BCUT2D eigenvalue weighted by Crippen LogP contribution is 2.30. The number of halogens is 1. The van der Waals surface area contributed by atoms with Gasteiger partial charge in [0.1, 0.15) is 5.82 Å². The maximum Gasteiger partial charge on any atom is 0.128 e. The molecule has 0 radical (unpaired) electrons. The maximum absolute atomic E-state index is 13.8. The van der Waals surface area contributed by atoms with Crippen LogP contribution >= 0.6 is 0 Å². The number of aromatic nitrogens is 1. The molecule has 1 aromatic heterocycles. The van der Waals surface area contributed by atoms with E-state index in [4.69, 9.17) is 0 Å². The van der Waals surface area contributed by atoms with Crippen LogP contribution in [0.25, 0.3) is 16.5 Å². The lowest BCUT2D eigenvalue weighted by Crippen LogP contribution is -2.14. The van der Waals surface area contributed by atoms with Crippen LogP contribution in [0.4, 0.5) is 4.39 Å². The number of hydrogen-bond donors (Lipinski definition) is 0.